The Hall–Kier alpha value is -1.60. The van der Waals surface area contributed by atoms with Crippen LogP contribution >= 0.6 is 0 Å². The summed E-state index contributed by atoms with van der Waals surface area (Å²) in [5.41, 5.74) is 3.25. The second-order valence-corrected chi connectivity index (χ2v) is 5.38. The summed E-state index contributed by atoms with van der Waals surface area (Å²) in [6, 6.07) is 4.91. The molecule has 1 saturated heterocycles. The zero-order chi connectivity index (χ0) is 13.2. The highest BCUT2D eigenvalue weighted by Gasteiger charge is 2.27. The van der Waals surface area contributed by atoms with Gasteiger partial charge in [0.2, 0.25) is 0 Å². The van der Waals surface area contributed by atoms with Gasteiger partial charge in [-0.2, -0.15) is 5.26 Å². The fourth-order valence-corrected chi connectivity index (χ4v) is 3.00. The molecule has 3 rings (SSSR count). The Balaban J connectivity index is 2.01. The number of likely N-dealkylation sites (N-methyl/N-ethyl adjacent to an activating group) is 1. The number of pyridine rings is 1. The molecule has 0 radical (unpaired) electrons. The zero-order valence-corrected chi connectivity index (χ0v) is 11.4. The van der Waals surface area contributed by atoms with Crippen LogP contribution in [0.3, 0.4) is 0 Å². The Labute approximate surface area is 114 Å². The van der Waals surface area contributed by atoms with Crippen LogP contribution < -0.4 is 10.2 Å². The fraction of sp³-hybridized carbons (Fsp3) is 0.600. The Morgan fingerprint density at radius 1 is 1.42 bits per heavy atom. The van der Waals surface area contributed by atoms with Gasteiger partial charge in [0, 0.05) is 25.3 Å². The van der Waals surface area contributed by atoms with E-state index in [1.165, 1.54) is 24.1 Å². The van der Waals surface area contributed by atoms with E-state index in [4.69, 9.17) is 4.98 Å². The smallest absolute Gasteiger partial charge is 0.147 e. The number of anilines is 1. The molecular formula is C15H20N4. The SMILES string of the molecule is CCN(c1nc2c(cc1C#N)CCCC2)C1CNC1. The van der Waals surface area contributed by atoms with Gasteiger partial charge in [0.25, 0.3) is 0 Å². The number of hydrogen-bond donors (Lipinski definition) is 1. The molecule has 0 amide bonds. The topological polar surface area (TPSA) is 52.0 Å². The summed E-state index contributed by atoms with van der Waals surface area (Å²) >= 11 is 0. The third-order valence-electron chi connectivity index (χ3n) is 4.21. The number of nitriles is 1. The maximum atomic E-state index is 9.40. The fourth-order valence-electron chi connectivity index (χ4n) is 3.00. The van der Waals surface area contributed by atoms with Gasteiger partial charge < -0.3 is 10.2 Å². The molecular weight excluding hydrogens is 236 g/mol. The lowest BCUT2D eigenvalue weighted by Crippen LogP contribution is -2.57. The quantitative estimate of drug-likeness (QED) is 0.893. The molecule has 2 aliphatic rings. The maximum Gasteiger partial charge on any atom is 0.147 e. The van der Waals surface area contributed by atoms with E-state index in [2.05, 4.69) is 29.3 Å². The number of fused-ring (bicyclic) bond motifs is 1. The van der Waals surface area contributed by atoms with E-state index < -0.39 is 0 Å². The molecule has 100 valence electrons. The van der Waals surface area contributed by atoms with Crippen LogP contribution in [0.15, 0.2) is 6.07 Å². The van der Waals surface area contributed by atoms with Crippen molar-refractivity contribution < 1.29 is 0 Å². The van der Waals surface area contributed by atoms with Crippen LogP contribution in [0, 0.1) is 11.3 Å². The van der Waals surface area contributed by atoms with Crippen molar-refractivity contribution in [3.8, 4) is 6.07 Å². The Morgan fingerprint density at radius 2 is 2.21 bits per heavy atom. The first-order chi connectivity index (χ1) is 9.33. The van der Waals surface area contributed by atoms with E-state index in [0.717, 1.165) is 43.9 Å². The molecule has 4 nitrogen and oxygen atoms in total. The molecule has 0 atom stereocenters. The lowest BCUT2D eigenvalue weighted by molar-refractivity contribution is 0.414. The third kappa shape index (κ3) is 2.19. The predicted molar refractivity (Wildman–Crippen MR) is 75.3 cm³/mol. The summed E-state index contributed by atoms with van der Waals surface area (Å²) < 4.78 is 0. The van der Waals surface area contributed by atoms with Gasteiger partial charge in [-0.15, -0.1) is 0 Å². The van der Waals surface area contributed by atoms with Gasteiger partial charge in [0.05, 0.1) is 11.6 Å². The number of rotatable bonds is 3. The van der Waals surface area contributed by atoms with Gasteiger partial charge in [-0.05, 0) is 44.2 Å². The first-order valence-corrected chi connectivity index (χ1v) is 7.23. The van der Waals surface area contributed by atoms with E-state index in [0.29, 0.717) is 6.04 Å². The average molecular weight is 256 g/mol. The highest BCUT2D eigenvalue weighted by atomic mass is 15.3. The Morgan fingerprint density at radius 3 is 2.84 bits per heavy atom. The standard InChI is InChI=1S/C15H20N4/c1-2-19(13-9-17-10-13)15-12(8-16)7-11-5-3-4-6-14(11)18-15/h7,13,17H,2-6,9-10H2,1H3. The van der Waals surface area contributed by atoms with Crippen molar-refractivity contribution in [3.63, 3.8) is 0 Å². The van der Waals surface area contributed by atoms with Crippen molar-refractivity contribution in [2.24, 2.45) is 0 Å². The monoisotopic (exact) mass is 256 g/mol. The first-order valence-electron chi connectivity index (χ1n) is 7.23. The second-order valence-electron chi connectivity index (χ2n) is 5.38. The molecule has 1 N–H and O–H groups in total. The molecule has 0 bridgehead atoms. The lowest BCUT2D eigenvalue weighted by Gasteiger charge is -2.39. The molecule has 1 aromatic rings. The molecule has 2 heterocycles. The molecule has 4 heteroatoms. The van der Waals surface area contributed by atoms with E-state index in [1.807, 2.05) is 0 Å². The number of aryl methyl sites for hydroxylation is 2. The molecule has 0 aromatic carbocycles. The number of aromatic nitrogens is 1. The van der Waals surface area contributed by atoms with E-state index >= 15 is 0 Å². The highest BCUT2D eigenvalue weighted by Crippen LogP contribution is 2.27. The van der Waals surface area contributed by atoms with Gasteiger partial charge in [-0.3, -0.25) is 0 Å². The van der Waals surface area contributed by atoms with E-state index in [9.17, 15) is 5.26 Å². The van der Waals surface area contributed by atoms with Crippen molar-refractivity contribution in [2.75, 3.05) is 24.5 Å². The van der Waals surface area contributed by atoms with Crippen molar-refractivity contribution in [2.45, 2.75) is 38.6 Å². The third-order valence-corrected chi connectivity index (χ3v) is 4.21. The number of nitrogens with one attached hydrogen (secondary N) is 1. The van der Waals surface area contributed by atoms with Crippen molar-refractivity contribution >= 4 is 5.82 Å². The maximum absolute atomic E-state index is 9.40. The second kappa shape index (κ2) is 5.18. The van der Waals surface area contributed by atoms with Gasteiger partial charge in [-0.1, -0.05) is 0 Å². The Bertz CT molecular complexity index is 514. The van der Waals surface area contributed by atoms with E-state index in [1.54, 1.807) is 0 Å². The summed E-state index contributed by atoms with van der Waals surface area (Å²) in [4.78, 5) is 7.12. The molecule has 0 spiro atoms. The summed E-state index contributed by atoms with van der Waals surface area (Å²) in [6.07, 6.45) is 4.59. The van der Waals surface area contributed by atoms with Crippen molar-refractivity contribution in [3.05, 3.63) is 22.9 Å². The van der Waals surface area contributed by atoms with Crippen LogP contribution in [0.1, 0.15) is 36.6 Å². The molecule has 0 unspecified atom stereocenters. The summed E-state index contributed by atoms with van der Waals surface area (Å²) in [5, 5.41) is 12.7. The summed E-state index contributed by atoms with van der Waals surface area (Å²) in [6.45, 7) is 5.04. The largest absolute Gasteiger partial charge is 0.350 e. The summed E-state index contributed by atoms with van der Waals surface area (Å²) in [5.74, 6) is 0.900. The van der Waals surface area contributed by atoms with Crippen LogP contribution in [-0.2, 0) is 12.8 Å². The van der Waals surface area contributed by atoms with Crippen LogP contribution in [0.4, 0.5) is 5.82 Å². The van der Waals surface area contributed by atoms with Crippen molar-refractivity contribution in [1.82, 2.24) is 10.3 Å². The lowest BCUT2D eigenvalue weighted by atomic mass is 9.94. The highest BCUT2D eigenvalue weighted by molar-refractivity contribution is 5.57. The van der Waals surface area contributed by atoms with Crippen LogP contribution in [-0.4, -0.2) is 30.7 Å². The van der Waals surface area contributed by atoms with Crippen LogP contribution in [0.25, 0.3) is 0 Å². The molecule has 19 heavy (non-hydrogen) atoms. The molecule has 1 aliphatic heterocycles. The van der Waals surface area contributed by atoms with E-state index in [-0.39, 0.29) is 0 Å². The minimum atomic E-state index is 0.492. The van der Waals surface area contributed by atoms with Gasteiger partial charge in [-0.25, -0.2) is 4.98 Å². The molecule has 1 aromatic heterocycles. The van der Waals surface area contributed by atoms with Gasteiger partial charge in [0.1, 0.15) is 11.9 Å². The zero-order valence-electron chi connectivity index (χ0n) is 11.4. The molecule has 1 fully saturated rings. The minimum Gasteiger partial charge on any atom is -0.350 e. The Kier molecular flexibility index (Phi) is 3.39. The summed E-state index contributed by atoms with van der Waals surface area (Å²) in [7, 11) is 0. The number of hydrogen-bond acceptors (Lipinski definition) is 4. The van der Waals surface area contributed by atoms with Crippen molar-refractivity contribution in [1.29, 1.82) is 5.26 Å². The number of nitrogens with zero attached hydrogens (tertiary/aromatic N) is 3. The van der Waals surface area contributed by atoms with Gasteiger partial charge in [0.15, 0.2) is 0 Å². The molecule has 1 aliphatic carbocycles. The minimum absolute atomic E-state index is 0.492. The first kappa shape index (κ1) is 12.4. The van der Waals surface area contributed by atoms with Crippen LogP contribution in [0.5, 0.6) is 0 Å². The van der Waals surface area contributed by atoms with Crippen LogP contribution in [0.2, 0.25) is 0 Å². The predicted octanol–water partition coefficient (Wildman–Crippen LogP) is 1.63. The normalized spacial score (nSPS) is 18.3. The molecule has 0 saturated carbocycles. The average Bonchev–Trinajstić information content (AvgIpc) is 2.41. The van der Waals surface area contributed by atoms with Gasteiger partial charge >= 0.3 is 0 Å².